The molecule has 0 aromatic heterocycles. The van der Waals surface area contributed by atoms with Crippen molar-refractivity contribution in [2.75, 3.05) is 40.5 Å². The minimum atomic E-state index is -0.148. The molecule has 2 aromatic rings. The summed E-state index contributed by atoms with van der Waals surface area (Å²) in [6.45, 7) is 5.36. The number of fused-ring (bicyclic) bond motifs is 1. The molecule has 1 aliphatic rings. The Bertz CT molecular complexity index is 741. The number of carbonyl (C=O) groups is 1. The molecule has 1 atom stereocenters. The molecular formula is C20H26N2O3. The lowest BCUT2D eigenvalue weighted by Crippen LogP contribution is -2.49. The maximum Gasteiger partial charge on any atom is 0.239 e. The molecule has 0 bridgehead atoms. The smallest absolute Gasteiger partial charge is 0.239 e. The van der Waals surface area contributed by atoms with Crippen LogP contribution < -0.4 is 4.74 Å². The van der Waals surface area contributed by atoms with Crippen molar-refractivity contribution < 1.29 is 14.3 Å². The topological polar surface area (TPSA) is 42.0 Å². The zero-order chi connectivity index (χ0) is 17.8. The lowest BCUT2D eigenvalue weighted by Gasteiger charge is -2.32. The quantitative estimate of drug-likeness (QED) is 0.837. The molecule has 0 spiro atoms. The van der Waals surface area contributed by atoms with Crippen LogP contribution in [0, 0.1) is 0 Å². The molecule has 5 heteroatoms. The van der Waals surface area contributed by atoms with E-state index in [1.807, 2.05) is 31.0 Å². The Labute approximate surface area is 149 Å². The first-order valence-corrected chi connectivity index (χ1v) is 8.72. The normalized spacial score (nSPS) is 16.2. The number of ether oxygens (including phenoxy) is 2. The number of morpholine rings is 1. The lowest BCUT2D eigenvalue weighted by atomic mass is 10.1. The summed E-state index contributed by atoms with van der Waals surface area (Å²) in [7, 11) is 3.68. The van der Waals surface area contributed by atoms with Crippen LogP contribution in [0.15, 0.2) is 36.4 Å². The molecule has 0 unspecified atom stereocenters. The van der Waals surface area contributed by atoms with Gasteiger partial charge in [-0.15, -0.1) is 0 Å². The highest BCUT2D eigenvalue weighted by Gasteiger charge is 2.25. The van der Waals surface area contributed by atoms with Gasteiger partial charge in [0.2, 0.25) is 5.91 Å². The van der Waals surface area contributed by atoms with Gasteiger partial charge in [0.05, 0.1) is 26.4 Å². The van der Waals surface area contributed by atoms with Crippen molar-refractivity contribution >= 4 is 16.7 Å². The first-order chi connectivity index (χ1) is 12.1. The number of methoxy groups -OCH3 is 1. The van der Waals surface area contributed by atoms with Gasteiger partial charge in [0.1, 0.15) is 5.75 Å². The highest BCUT2D eigenvalue weighted by atomic mass is 16.5. The zero-order valence-corrected chi connectivity index (χ0v) is 15.2. The van der Waals surface area contributed by atoms with Gasteiger partial charge in [-0.25, -0.2) is 0 Å². The minimum absolute atomic E-state index is 0.148. The van der Waals surface area contributed by atoms with Crippen LogP contribution in [0.25, 0.3) is 10.8 Å². The van der Waals surface area contributed by atoms with Crippen LogP contribution in [0.4, 0.5) is 0 Å². The Morgan fingerprint density at radius 1 is 1.20 bits per heavy atom. The Kier molecular flexibility index (Phi) is 5.56. The summed E-state index contributed by atoms with van der Waals surface area (Å²) in [6, 6.07) is 12.3. The third-order valence-corrected chi connectivity index (χ3v) is 4.89. The standard InChI is InChI=1S/C20H26N2O3/c1-15(20(23)22-8-10-25-11-9-22)21(2)14-16-4-5-18-13-19(24-3)7-6-17(18)12-16/h4-7,12-13,15H,8-11,14H2,1-3H3/t15-/m1/s1. The van der Waals surface area contributed by atoms with Gasteiger partial charge in [-0.05, 0) is 48.5 Å². The van der Waals surface area contributed by atoms with E-state index in [1.54, 1.807) is 7.11 Å². The number of amides is 1. The highest BCUT2D eigenvalue weighted by molar-refractivity contribution is 5.84. The van der Waals surface area contributed by atoms with Crippen molar-refractivity contribution in [1.82, 2.24) is 9.80 Å². The number of hydrogen-bond acceptors (Lipinski definition) is 4. The van der Waals surface area contributed by atoms with Gasteiger partial charge >= 0.3 is 0 Å². The Hall–Kier alpha value is -2.11. The van der Waals surface area contributed by atoms with E-state index in [0.717, 1.165) is 17.7 Å². The summed E-state index contributed by atoms with van der Waals surface area (Å²) < 4.78 is 10.6. The number of rotatable bonds is 5. The van der Waals surface area contributed by atoms with Crippen LogP contribution in [0.3, 0.4) is 0 Å². The molecule has 1 amide bonds. The Morgan fingerprint density at radius 2 is 1.88 bits per heavy atom. The fourth-order valence-corrected chi connectivity index (χ4v) is 3.16. The largest absolute Gasteiger partial charge is 0.497 e. The van der Waals surface area contributed by atoms with Crippen LogP contribution in [-0.4, -0.2) is 62.2 Å². The average Bonchev–Trinajstić information content (AvgIpc) is 2.67. The lowest BCUT2D eigenvalue weighted by molar-refractivity contribution is -0.140. The van der Waals surface area contributed by atoms with Crippen LogP contribution in [0.2, 0.25) is 0 Å². The number of benzene rings is 2. The number of likely N-dealkylation sites (N-methyl/N-ethyl adjacent to an activating group) is 1. The molecule has 25 heavy (non-hydrogen) atoms. The van der Waals surface area contributed by atoms with E-state index in [0.29, 0.717) is 26.3 Å². The van der Waals surface area contributed by atoms with Crippen LogP contribution in [0.5, 0.6) is 5.75 Å². The predicted molar refractivity (Wildman–Crippen MR) is 98.8 cm³/mol. The second kappa shape index (κ2) is 7.85. The molecule has 0 saturated carbocycles. The van der Waals surface area contributed by atoms with Crippen molar-refractivity contribution in [2.45, 2.75) is 19.5 Å². The molecule has 3 rings (SSSR count). The molecule has 1 aliphatic heterocycles. The van der Waals surface area contributed by atoms with Crippen molar-refractivity contribution in [2.24, 2.45) is 0 Å². The van der Waals surface area contributed by atoms with E-state index >= 15 is 0 Å². The van der Waals surface area contributed by atoms with Crippen molar-refractivity contribution in [3.05, 3.63) is 42.0 Å². The molecule has 2 aromatic carbocycles. The van der Waals surface area contributed by atoms with Crippen molar-refractivity contribution in [3.63, 3.8) is 0 Å². The fraction of sp³-hybridized carbons (Fsp3) is 0.450. The SMILES string of the molecule is COc1ccc2cc(CN(C)[C@H](C)C(=O)N3CCOCC3)ccc2c1. The zero-order valence-electron chi connectivity index (χ0n) is 15.2. The van der Waals surface area contributed by atoms with Crippen molar-refractivity contribution in [1.29, 1.82) is 0 Å². The first kappa shape index (κ1) is 17.7. The maximum atomic E-state index is 12.6. The molecule has 0 radical (unpaired) electrons. The maximum absolute atomic E-state index is 12.6. The summed E-state index contributed by atoms with van der Waals surface area (Å²) in [5, 5.41) is 2.34. The summed E-state index contributed by atoms with van der Waals surface area (Å²) in [4.78, 5) is 16.6. The molecule has 134 valence electrons. The molecule has 1 fully saturated rings. The summed E-state index contributed by atoms with van der Waals surface area (Å²) in [6.07, 6.45) is 0. The van der Waals surface area contributed by atoms with Crippen LogP contribution >= 0.6 is 0 Å². The van der Waals surface area contributed by atoms with Gasteiger partial charge in [-0.2, -0.15) is 0 Å². The van der Waals surface area contributed by atoms with Gasteiger partial charge in [-0.3, -0.25) is 9.69 Å². The van der Waals surface area contributed by atoms with E-state index in [-0.39, 0.29) is 11.9 Å². The Morgan fingerprint density at radius 3 is 2.60 bits per heavy atom. The van der Waals surface area contributed by atoms with Crippen LogP contribution in [-0.2, 0) is 16.1 Å². The number of nitrogens with zero attached hydrogens (tertiary/aromatic N) is 2. The van der Waals surface area contributed by atoms with E-state index in [9.17, 15) is 4.79 Å². The second-order valence-corrected chi connectivity index (χ2v) is 6.58. The van der Waals surface area contributed by atoms with Gasteiger partial charge < -0.3 is 14.4 Å². The van der Waals surface area contributed by atoms with E-state index < -0.39 is 0 Å². The fourth-order valence-electron chi connectivity index (χ4n) is 3.16. The molecule has 5 nitrogen and oxygen atoms in total. The second-order valence-electron chi connectivity index (χ2n) is 6.58. The van der Waals surface area contributed by atoms with E-state index in [2.05, 4.69) is 29.2 Å². The minimum Gasteiger partial charge on any atom is -0.497 e. The molecule has 0 aliphatic carbocycles. The summed E-state index contributed by atoms with van der Waals surface area (Å²) in [5.74, 6) is 1.04. The summed E-state index contributed by atoms with van der Waals surface area (Å²) >= 11 is 0. The van der Waals surface area contributed by atoms with Gasteiger partial charge in [0, 0.05) is 19.6 Å². The average molecular weight is 342 g/mol. The van der Waals surface area contributed by atoms with Gasteiger partial charge in [0.25, 0.3) is 0 Å². The number of carbonyl (C=O) groups excluding carboxylic acids is 1. The molecular weight excluding hydrogens is 316 g/mol. The number of hydrogen-bond donors (Lipinski definition) is 0. The molecule has 1 saturated heterocycles. The van der Waals surface area contributed by atoms with Crippen LogP contribution in [0.1, 0.15) is 12.5 Å². The third-order valence-electron chi connectivity index (χ3n) is 4.89. The summed E-state index contributed by atoms with van der Waals surface area (Å²) in [5.41, 5.74) is 1.20. The van der Waals surface area contributed by atoms with Gasteiger partial charge in [0.15, 0.2) is 0 Å². The van der Waals surface area contributed by atoms with E-state index in [4.69, 9.17) is 9.47 Å². The highest BCUT2D eigenvalue weighted by Crippen LogP contribution is 2.22. The van der Waals surface area contributed by atoms with Gasteiger partial charge in [-0.1, -0.05) is 18.2 Å². The molecule has 1 heterocycles. The van der Waals surface area contributed by atoms with E-state index in [1.165, 1.54) is 10.9 Å². The third kappa shape index (κ3) is 4.11. The van der Waals surface area contributed by atoms with Crippen molar-refractivity contribution in [3.8, 4) is 5.75 Å². The first-order valence-electron chi connectivity index (χ1n) is 8.72. The Balaban J connectivity index is 1.68. The predicted octanol–water partition coefficient (Wildman–Crippen LogP) is 2.53. The monoisotopic (exact) mass is 342 g/mol. The molecule has 0 N–H and O–H groups in total.